The summed E-state index contributed by atoms with van der Waals surface area (Å²) in [4.78, 5) is 31.4. The number of hydrogen-bond acceptors (Lipinski definition) is 5. The molecule has 8 heteroatoms. The predicted molar refractivity (Wildman–Crippen MR) is 171 cm³/mol. The van der Waals surface area contributed by atoms with Crippen molar-refractivity contribution in [2.24, 2.45) is 5.10 Å². The Kier molecular flexibility index (Phi) is 10.1. The van der Waals surface area contributed by atoms with Crippen molar-refractivity contribution < 1.29 is 9.59 Å². The van der Waals surface area contributed by atoms with E-state index < -0.39 is 5.91 Å². The van der Waals surface area contributed by atoms with Crippen molar-refractivity contribution in [3.63, 3.8) is 0 Å². The van der Waals surface area contributed by atoms with Crippen LogP contribution in [0.2, 0.25) is 5.02 Å². The fourth-order valence-electron chi connectivity index (χ4n) is 5.87. The minimum Gasteiger partial charge on any atom is -0.321 e. The van der Waals surface area contributed by atoms with Crippen LogP contribution in [0.15, 0.2) is 65.8 Å². The van der Waals surface area contributed by atoms with Gasteiger partial charge in [0.15, 0.2) is 0 Å². The van der Waals surface area contributed by atoms with E-state index in [4.69, 9.17) is 11.6 Å². The number of nitrogens with zero attached hydrogens (tertiary/aromatic N) is 3. The molecule has 0 radical (unpaired) electrons. The summed E-state index contributed by atoms with van der Waals surface area (Å²) in [5.41, 5.74) is 8.02. The van der Waals surface area contributed by atoms with Crippen molar-refractivity contribution in [1.29, 1.82) is 0 Å². The van der Waals surface area contributed by atoms with Crippen LogP contribution in [0.4, 0.5) is 5.69 Å². The molecule has 0 aromatic heterocycles. The van der Waals surface area contributed by atoms with Gasteiger partial charge in [-0.05, 0) is 118 Å². The van der Waals surface area contributed by atoms with Crippen molar-refractivity contribution in [3.8, 4) is 0 Å². The minimum absolute atomic E-state index is 0.237. The highest BCUT2D eigenvalue weighted by molar-refractivity contribution is 6.31. The summed E-state index contributed by atoms with van der Waals surface area (Å²) >= 11 is 6.20. The normalized spacial score (nSPS) is 16.9. The van der Waals surface area contributed by atoms with Gasteiger partial charge in [0, 0.05) is 23.2 Å². The third-order valence-corrected chi connectivity index (χ3v) is 8.68. The number of hydrogen-bond donors (Lipinski definition) is 2. The van der Waals surface area contributed by atoms with Crippen molar-refractivity contribution in [2.75, 3.05) is 31.5 Å². The smallest absolute Gasteiger partial charge is 0.273 e. The largest absolute Gasteiger partial charge is 0.321 e. The van der Waals surface area contributed by atoms with Gasteiger partial charge in [-0.1, -0.05) is 48.4 Å². The minimum atomic E-state index is -0.463. The molecule has 2 heterocycles. The van der Waals surface area contributed by atoms with Gasteiger partial charge >= 0.3 is 0 Å². The van der Waals surface area contributed by atoms with Gasteiger partial charge in [0.2, 0.25) is 0 Å². The predicted octanol–water partition coefficient (Wildman–Crippen LogP) is 6.42. The highest BCUT2D eigenvalue weighted by Gasteiger charge is 2.25. The van der Waals surface area contributed by atoms with E-state index in [1.165, 1.54) is 56.8 Å². The summed E-state index contributed by atoms with van der Waals surface area (Å²) in [6.07, 6.45) is 8.04. The van der Waals surface area contributed by atoms with Crippen molar-refractivity contribution in [2.45, 2.75) is 58.5 Å². The molecule has 7 nitrogen and oxygen atoms in total. The number of aryl methyl sites for hydroxylation is 2. The molecule has 2 aliphatic rings. The molecular formula is C34H40ClN5O2. The van der Waals surface area contributed by atoms with Crippen LogP contribution >= 0.6 is 11.6 Å². The third kappa shape index (κ3) is 7.85. The molecule has 0 aliphatic carbocycles. The number of anilines is 1. The first kappa shape index (κ1) is 30.0. The third-order valence-electron chi connectivity index (χ3n) is 8.44. The van der Waals surface area contributed by atoms with E-state index in [1.54, 1.807) is 24.4 Å². The van der Waals surface area contributed by atoms with Crippen molar-refractivity contribution in [1.82, 2.24) is 15.2 Å². The molecule has 0 bridgehead atoms. The first-order valence-electron chi connectivity index (χ1n) is 14.9. The van der Waals surface area contributed by atoms with Gasteiger partial charge in [-0.2, -0.15) is 5.10 Å². The Bertz CT molecular complexity index is 1440. The molecule has 2 aliphatic heterocycles. The number of hydrazone groups is 1. The number of piperidine rings is 2. The van der Waals surface area contributed by atoms with E-state index in [9.17, 15) is 9.59 Å². The summed E-state index contributed by atoms with van der Waals surface area (Å²) in [5, 5.41) is 7.40. The number of carbonyl (C=O) groups excluding carboxylic acids is 2. The zero-order valence-corrected chi connectivity index (χ0v) is 25.3. The van der Waals surface area contributed by atoms with Crippen molar-refractivity contribution in [3.05, 3.63) is 99.1 Å². The molecule has 0 saturated carbocycles. The average Bonchev–Trinajstić information content (AvgIpc) is 3.00. The zero-order valence-electron chi connectivity index (χ0n) is 24.5. The van der Waals surface area contributed by atoms with Crippen LogP contribution in [0, 0.1) is 13.8 Å². The lowest BCUT2D eigenvalue weighted by molar-refractivity contribution is 0.0896. The summed E-state index contributed by atoms with van der Waals surface area (Å²) in [5.74, 6) is -0.745. The molecule has 0 atom stereocenters. The van der Waals surface area contributed by atoms with E-state index >= 15 is 0 Å². The fourth-order valence-corrected chi connectivity index (χ4v) is 6.05. The summed E-state index contributed by atoms with van der Waals surface area (Å²) in [6, 6.07) is 19.2. The molecule has 42 heavy (non-hydrogen) atoms. The molecule has 2 saturated heterocycles. The monoisotopic (exact) mass is 585 g/mol. The summed E-state index contributed by atoms with van der Waals surface area (Å²) < 4.78 is 0. The van der Waals surface area contributed by atoms with Crippen LogP contribution in [-0.2, 0) is 6.54 Å². The van der Waals surface area contributed by atoms with Crippen LogP contribution in [-0.4, -0.2) is 60.0 Å². The number of amides is 2. The van der Waals surface area contributed by atoms with Crippen LogP contribution in [0.1, 0.15) is 75.1 Å². The van der Waals surface area contributed by atoms with Gasteiger partial charge in [0.05, 0.1) is 17.5 Å². The number of benzene rings is 3. The second-order valence-electron chi connectivity index (χ2n) is 11.5. The van der Waals surface area contributed by atoms with Gasteiger partial charge in [-0.3, -0.25) is 14.5 Å². The maximum atomic E-state index is 13.3. The highest BCUT2D eigenvalue weighted by atomic mass is 35.5. The molecule has 3 aromatic rings. The Labute approximate surface area is 253 Å². The van der Waals surface area contributed by atoms with E-state index in [2.05, 4.69) is 31.7 Å². The Morgan fingerprint density at radius 1 is 0.905 bits per heavy atom. The number of halogens is 1. The van der Waals surface area contributed by atoms with Crippen LogP contribution < -0.4 is 10.7 Å². The van der Waals surface area contributed by atoms with Gasteiger partial charge in [-0.25, -0.2) is 5.43 Å². The molecule has 2 fully saturated rings. The Balaban J connectivity index is 1.19. The number of carbonyl (C=O) groups is 2. The first-order chi connectivity index (χ1) is 20.4. The van der Waals surface area contributed by atoms with Gasteiger partial charge in [-0.15, -0.1) is 0 Å². The summed E-state index contributed by atoms with van der Waals surface area (Å²) in [6.45, 7) is 9.54. The molecule has 2 amide bonds. The fraction of sp³-hybridized carbons (Fsp3) is 0.382. The quantitative estimate of drug-likeness (QED) is 0.236. The molecule has 5 rings (SSSR count). The molecule has 2 N–H and O–H groups in total. The second-order valence-corrected chi connectivity index (χ2v) is 11.9. The van der Waals surface area contributed by atoms with Crippen LogP contribution in [0.25, 0.3) is 0 Å². The number of nitrogens with one attached hydrogen (secondary N) is 2. The number of rotatable bonds is 8. The van der Waals surface area contributed by atoms with E-state index in [-0.39, 0.29) is 11.5 Å². The second kappa shape index (κ2) is 14.1. The van der Waals surface area contributed by atoms with Crippen LogP contribution in [0.5, 0.6) is 0 Å². The molecule has 3 aromatic carbocycles. The topological polar surface area (TPSA) is 77.0 Å². The zero-order chi connectivity index (χ0) is 29.5. The molecule has 220 valence electrons. The Morgan fingerprint density at radius 3 is 2.45 bits per heavy atom. The lowest BCUT2D eigenvalue weighted by atomic mass is 9.99. The SMILES string of the molecule is Cc1ccc(C=NNC(=O)c2cc(Cl)ccc2NC(=O)c2cccc(CN3CCC(N4CCCCC4)CC3)c2)cc1C. The van der Waals surface area contributed by atoms with Gasteiger partial charge in [0.25, 0.3) is 11.8 Å². The maximum absolute atomic E-state index is 13.3. The van der Waals surface area contributed by atoms with E-state index in [0.717, 1.165) is 36.3 Å². The molecule has 0 spiro atoms. The standard InChI is InChI=1S/C34H40ClN5O2/c1-24-9-10-26(19-25(24)2)22-36-38-34(42)31-21-29(35)11-12-32(31)37-33(41)28-8-6-7-27(20-28)23-39-17-13-30(14-18-39)40-15-4-3-5-16-40/h6-12,19-22,30H,3-5,13-18,23H2,1-2H3,(H,37,41)(H,38,42). The van der Waals surface area contributed by atoms with Crippen molar-refractivity contribution >= 4 is 35.3 Å². The van der Waals surface area contributed by atoms with E-state index in [0.29, 0.717) is 22.3 Å². The van der Waals surface area contributed by atoms with Crippen LogP contribution in [0.3, 0.4) is 0 Å². The maximum Gasteiger partial charge on any atom is 0.273 e. The lowest BCUT2D eigenvalue weighted by Gasteiger charge is -2.40. The Morgan fingerprint density at radius 2 is 1.69 bits per heavy atom. The first-order valence-corrected chi connectivity index (χ1v) is 15.3. The lowest BCUT2D eigenvalue weighted by Crippen LogP contribution is -2.46. The van der Waals surface area contributed by atoms with E-state index in [1.807, 2.05) is 44.2 Å². The number of likely N-dealkylation sites (tertiary alicyclic amines) is 2. The average molecular weight is 586 g/mol. The molecule has 0 unspecified atom stereocenters. The van der Waals surface area contributed by atoms with Gasteiger partial charge < -0.3 is 10.2 Å². The van der Waals surface area contributed by atoms with Gasteiger partial charge in [0.1, 0.15) is 0 Å². The highest BCUT2D eigenvalue weighted by Crippen LogP contribution is 2.24. The summed E-state index contributed by atoms with van der Waals surface area (Å²) in [7, 11) is 0. The Hall–Kier alpha value is -3.52. The molecular weight excluding hydrogens is 546 g/mol.